The van der Waals surface area contributed by atoms with Crippen LogP contribution in [0.25, 0.3) is 6.08 Å². The molecule has 0 radical (unpaired) electrons. The third kappa shape index (κ3) is 7.15. The third-order valence-electron chi connectivity index (χ3n) is 3.92. The first kappa shape index (κ1) is 24.0. The Balaban J connectivity index is 2.28. The number of esters is 1. The number of nitriles is 1. The zero-order valence-corrected chi connectivity index (χ0v) is 19.1. The predicted octanol–water partition coefficient (Wildman–Crippen LogP) is 4.64. The molecular formula is C23H23BrN2O5. The molecule has 8 heteroatoms. The summed E-state index contributed by atoms with van der Waals surface area (Å²) in [6.07, 6.45) is 1.45. The van der Waals surface area contributed by atoms with Gasteiger partial charge in [0.25, 0.3) is 5.91 Å². The highest BCUT2D eigenvalue weighted by Crippen LogP contribution is 2.37. The summed E-state index contributed by atoms with van der Waals surface area (Å²) in [6.45, 7) is 5.77. The smallest absolute Gasteiger partial charge is 0.344 e. The summed E-state index contributed by atoms with van der Waals surface area (Å²) in [5, 5.41) is 12.2. The average molecular weight is 487 g/mol. The molecule has 0 aliphatic carbocycles. The number of rotatable bonds is 9. The van der Waals surface area contributed by atoms with Crippen molar-refractivity contribution in [2.75, 3.05) is 25.1 Å². The van der Waals surface area contributed by atoms with Crippen LogP contribution >= 0.6 is 15.9 Å². The minimum absolute atomic E-state index is 0.0731. The van der Waals surface area contributed by atoms with E-state index in [1.807, 2.05) is 38.1 Å². The molecular weight excluding hydrogens is 464 g/mol. The fraction of sp³-hybridized carbons (Fsp3) is 0.261. The van der Waals surface area contributed by atoms with E-state index >= 15 is 0 Å². The van der Waals surface area contributed by atoms with Gasteiger partial charge in [0.05, 0.1) is 17.7 Å². The SMILES string of the molecule is CCOC(=O)COc1c(Br)cc(/C=C(\C#N)C(=O)Nc2cccc(C)c2)cc1OCC. The van der Waals surface area contributed by atoms with Crippen molar-refractivity contribution in [2.24, 2.45) is 0 Å². The molecule has 2 aromatic carbocycles. The molecule has 0 aliphatic heterocycles. The molecule has 0 unspecified atom stereocenters. The normalized spacial score (nSPS) is 10.7. The lowest BCUT2D eigenvalue weighted by Gasteiger charge is -2.14. The van der Waals surface area contributed by atoms with Crippen molar-refractivity contribution in [1.82, 2.24) is 0 Å². The number of hydrogen-bond donors (Lipinski definition) is 1. The third-order valence-corrected chi connectivity index (χ3v) is 4.51. The van der Waals surface area contributed by atoms with E-state index in [1.54, 1.807) is 25.1 Å². The van der Waals surface area contributed by atoms with Crippen LogP contribution in [-0.2, 0) is 14.3 Å². The molecule has 0 aromatic heterocycles. The van der Waals surface area contributed by atoms with Crippen molar-refractivity contribution < 1.29 is 23.8 Å². The Hall–Kier alpha value is -3.31. The van der Waals surface area contributed by atoms with E-state index in [9.17, 15) is 14.9 Å². The number of nitrogens with one attached hydrogen (secondary N) is 1. The molecule has 1 amide bonds. The molecule has 7 nitrogen and oxygen atoms in total. The van der Waals surface area contributed by atoms with E-state index in [0.29, 0.717) is 33.8 Å². The maximum absolute atomic E-state index is 12.5. The Kier molecular flexibility index (Phi) is 9.10. The van der Waals surface area contributed by atoms with Gasteiger partial charge in [-0.1, -0.05) is 12.1 Å². The van der Waals surface area contributed by atoms with Gasteiger partial charge in [0.15, 0.2) is 18.1 Å². The largest absolute Gasteiger partial charge is 0.490 e. The molecule has 2 rings (SSSR count). The summed E-state index contributed by atoms with van der Waals surface area (Å²) in [7, 11) is 0. The second kappa shape index (κ2) is 11.8. The number of hydrogen-bond acceptors (Lipinski definition) is 6. The summed E-state index contributed by atoms with van der Waals surface area (Å²) < 4.78 is 16.5. The van der Waals surface area contributed by atoms with E-state index in [-0.39, 0.29) is 18.8 Å². The molecule has 162 valence electrons. The van der Waals surface area contributed by atoms with Crippen molar-refractivity contribution in [3.8, 4) is 17.6 Å². The van der Waals surface area contributed by atoms with Crippen molar-refractivity contribution in [3.05, 3.63) is 57.6 Å². The molecule has 0 heterocycles. The number of benzene rings is 2. The number of amides is 1. The standard InChI is InChI=1S/C23H23BrN2O5/c1-4-29-20-12-16(11-19(24)22(20)31-14-21(27)30-5-2)10-17(13-25)23(28)26-18-8-6-7-15(3)9-18/h6-12H,4-5,14H2,1-3H3,(H,26,28)/b17-10+. The highest BCUT2D eigenvalue weighted by Gasteiger charge is 2.16. The zero-order valence-electron chi connectivity index (χ0n) is 17.5. The van der Waals surface area contributed by atoms with Gasteiger partial charge < -0.3 is 19.5 Å². The van der Waals surface area contributed by atoms with E-state index in [4.69, 9.17) is 14.2 Å². The van der Waals surface area contributed by atoms with E-state index < -0.39 is 11.9 Å². The summed E-state index contributed by atoms with van der Waals surface area (Å²) in [5.41, 5.74) is 2.07. The number of aryl methyl sites for hydroxylation is 1. The fourth-order valence-electron chi connectivity index (χ4n) is 2.64. The van der Waals surface area contributed by atoms with Crippen LogP contribution in [0.3, 0.4) is 0 Å². The van der Waals surface area contributed by atoms with Crippen LogP contribution < -0.4 is 14.8 Å². The lowest BCUT2D eigenvalue weighted by Crippen LogP contribution is -2.15. The van der Waals surface area contributed by atoms with Crippen molar-refractivity contribution in [1.29, 1.82) is 5.26 Å². The van der Waals surface area contributed by atoms with E-state index in [1.165, 1.54) is 6.08 Å². The topological polar surface area (TPSA) is 97.7 Å². The highest BCUT2D eigenvalue weighted by atomic mass is 79.9. The Labute approximate surface area is 189 Å². The lowest BCUT2D eigenvalue weighted by molar-refractivity contribution is -0.145. The molecule has 0 atom stereocenters. The van der Waals surface area contributed by atoms with Crippen LogP contribution in [0.1, 0.15) is 25.0 Å². The van der Waals surface area contributed by atoms with Gasteiger partial charge in [0, 0.05) is 5.69 Å². The highest BCUT2D eigenvalue weighted by molar-refractivity contribution is 9.10. The number of carbonyl (C=O) groups is 2. The average Bonchev–Trinajstić information content (AvgIpc) is 2.71. The molecule has 2 aromatic rings. The number of ether oxygens (including phenoxy) is 3. The Morgan fingerprint density at radius 2 is 1.94 bits per heavy atom. The summed E-state index contributed by atoms with van der Waals surface area (Å²) in [6, 6.07) is 12.5. The molecule has 1 N–H and O–H groups in total. The molecule has 31 heavy (non-hydrogen) atoms. The van der Waals surface area contributed by atoms with Gasteiger partial charge in [0.1, 0.15) is 11.6 Å². The number of nitrogens with zero attached hydrogens (tertiary/aromatic N) is 1. The zero-order chi connectivity index (χ0) is 22.8. The molecule has 0 saturated heterocycles. The summed E-state index contributed by atoms with van der Waals surface area (Å²) in [4.78, 5) is 24.1. The number of carbonyl (C=O) groups excluding carboxylic acids is 2. The quantitative estimate of drug-likeness (QED) is 0.314. The van der Waals surface area contributed by atoms with Gasteiger partial charge in [-0.3, -0.25) is 4.79 Å². The van der Waals surface area contributed by atoms with Crippen molar-refractivity contribution in [2.45, 2.75) is 20.8 Å². The van der Waals surface area contributed by atoms with Crippen molar-refractivity contribution >= 4 is 39.6 Å². The maximum Gasteiger partial charge on any atom is 0.344 e. The first-order chi connectivity index (χ1) is 14.9. The fourth-order valence-corrected chi connectivity index (χ4v) is 3.22. The van der Waals surface area contributed by atoms with E-state index in [0.717, 1.165) is 5.56 Å². The minimum atomic E-state index is -0.523. The van der Waals surface area contributed by atoms with E-state index in [2.05, 4.69) is 21.2 Å². The van der Waals surface area contributed by atoms with Gasteiger partial charge in [0.2, 0.25) is 0 Å². The van der Waals surface area contributed by atoms with Crippen molar-refractivity contribution in [3.63, 3.8) is 0 Å². The monoisotopic (exact) mass is 486 g/mol. The van der Waals surface area contributed by atoms with Crippen LogP contribution in [-0.4, -0.2) is 31.7 Å². The number of halogens is 1. The summed E-state index contributed by atoms with van der Waals surface area (Å²) in [5.74, 6) is -0.330. The Morgan fingerprint density at radius 3 is 2.58 bits per heavy atom. The van der Waals surface area contributed by atoms with Gasteiger partial charge in [-0.15, -0.1) is 0 Å². The van der Waals surface area contributed by atoms with Crippen LogP contribution in [0.2, 0.25) is 0 Å². The van der Waals surface area contributed by atoms with Crippen LogP contribution in [0, 0.1) is 18.3 Å². The lowest BCUT2D eigenvalue weighted by atomic mass is 10.1. The predicted molar refractivity (Wildman–Crippen MR) is 121 cm³/mol. The molecule has 0 aliphatic rings. The number of anilines is 1. The first-order valence-corrected chi connectivity index (χ1v) is 10.4. The van der Waals surface area contributed by atoms with Gasteiger partial charge >= 0.3 is 5.97 Å². The maximum atomic E-state index is 12.5. The minimum Gasteiger partial charge on any atom is -0.490 e. The van der Waals surface area contributed by atoms with Gasteiger partial charge in [-0.25, -0.2) is 4.79 Å². The second-order valence-electron chi connectivity index (χ2n) is 6.35. The van der Waals surface area contributed by atoms with Gasteiger partial charge in [-0.05, 0) is 78.2 Å². The van der Waals surface area contributed by atoms with Crippen LogP contribution in [0.4, 0.5) is 5.69 Å². The Morgan fingerprint density at radius 1 is 1.16 bits per heavy atom. The molecule has 0 spiro atoms. The molecule has 0 bridgehead atoms. The van der Waals surface area contributed by atoms with Crippen LogP contribution in [0.5, 0.6) is 11.5 Å². The Bertz CT molecular complexity index is 1030. The molecule has 0 fully saturated rings. The summed E-state index contributed by atoms with van der Waals surface area (Å²) >= 11 is 3.40. The second-order valence-corrected chi connectivity index (χ2v) is 7.20. The first-order valence-electron chi connectivity index (χ1n) is 9.62. The molecule has 0 saturated carbocycles. The van der Waals surface area contributed by atoms with Gasteiger partial charge in [-0.2, -0.15) is 5.26 Å². The van der Waals surface area contributed by atoms with Crippen LogP contribution in [0.15, 0.2) is 46.4 Å².